The number of carbonyl (C=O) groups is 2. The van der Waals surface area contributed by atoms with Crippen molar-refractivity contribution in [3.63, 3.8) is 0 Å². The van der Waals surface area contributed by atoms with Gasteiger partial charge in [0, 0.05) is 13.2 Å². The van der Waals surface area contributed by atoms with Gasteiger partial charge in [-0.2, -0.15) is 0 Å². The predicted molar refractivity (Wildman–Crippen MR) is 76.6 cm³/mol. The van der Waals surface area contributed by atoms with Gasteiger partial charge in [-0.25, -0.2) is 4.79 Å². The van der Waals surface area contributed by atoms with E-state index in [9.17, 15) is 14.4 Å². The van der Waals surface area contributed by atoms with Crippen molar-refractivity contribution >= 4 is 11.9 Å². The van der Waals surface area contributed by atoms with E-state index in [-0.39, 0.29) is 17.7 Å². The third-order valence-electron chi connectivity index (χ3n) is 3.00. The number of carboxylic acids is 1. The van der Waals surface area contributed by atoms with Crippen LogP contribution in [-0.4, -0.2) is 28.6 Å². The largest absolute Gasteiger partial charge is 0.478 e. The first-order valence-corrected chi connectivity index (χ1v) is 6.26. The Morgan fingerprint density at radius 1 is 1.24 bits per heavy atom. The highest BCUT2D eigenvalue weighted by Gasteiger charge is 2.16. The van der Waals surface area contributed by atoms with Gasteiger partial charge in [-0.05, 0) is 11.6 Å². The molecular formula is C15H14N2O4. The van der Waals surface area contributed by atoms with Crippen LogP contribution in [0, 0.1) is 0 Å². The third kappa shape index (κ3) is 3.17. The second-order valence-electron chi connectivity index (χ2n) is 4.45. The van der Waals surface area contributed by atoms with Crippen LogP contribution in [-0.2, 0) is 6.54 Å². The van der Waals surface area contributed by atoms with Gasteiger partial charge in [-0.15, -0.1) is 0 Å². The number of amides is 1. The van der Waals surface area contributed by atoms with E-state index in [4.69, 9.17) is 5.11 Å². The van der Waals surface area contributed by atoms with Crippen LogP contribution in [0.15, 0.2) is 47.4 Å². The average Bonchev–Trinajstić information content (AvgIpc) is 2.49. The van der Waals surface area contributed by atoms with Crippen LogP contribution in [0.3, 0.4) is 0 Å². The standard InChI is InChI=1S/C15H14N2O4/c1-16-13(18)12-7-11(15(20)21)9-17(14(12)19)8-10-5-3-2-4-6-10/h2-7,9H,8H2,1H3,(H,16,18)(H,20,21). The van der Waals surface area contributed by atoms with Crippen molar-refractivity contribution in [2.24, 2.45) is 0 Å². The molecule has 21 heavy (non-hydrogen) atoms. The van der Waals surface area contributed by atoms with Gasteiger partial charge >= 0.3 is 5.97 Å². The molecule has 1 heterocycles. The van der Waals surface area contributed by atoms with Crippen LogP contribution in [0.2, 0.25) is 0 Å². The monoisotopic (exact) mass is 286 g/mol. The molecule has 0 spiro atoms. The summed E-state index contributed by atoms with van der Waals surface area (Å²) in [6, 6.07) is 10.2. The molecule has 0 aliphatic heterocycles. The topological polar surface area (TPSA) is 88.4 Å². The maximum atomic E-state index is 12.3. The molecule has 1 amide bonds. The lowest BCUT2D eigenvalue weighted by molar-refractivity contribution is 0.0696. The fourth-order valence-electron chi connectivity index (χ4n) is 1.95. The molecule has 0 unspecified atom stereocenters. The molecule has 0 saturated heterocycles. The average molecular weight is 286 g/mol. The van der Waals surface area contributed by atoms with E-state index in [1.807, 2.05) is 30.3 Å². The Balaban J connectivity index is 2.54. The summed E-state index contributed by atoms with van der Waals surface area (Å²) in [5, 5.41) is 11.4. The molecule has 6 heteroatoms. The summed E-state index contributed by atoms with van der Waals surface area (Å²) in [7, 11) is 1.39. The lowest BCUT2D eigenvalue weighted by atomic mass is 10.1. The summed E-state index contributed by atoms with van der Waals surface area (Å²) in [6.45, 7) is 0.199. The van der Waals surface area contributed by atoms with E-state index in [1.54, 1.807) is 0 Å². The summed E-state index contributed by atoms with van der Waals surface area (Å²) in [6.07, 6.45) is 1.24. The zero-order chi connectivity index (χ0) is 15.4. The second-order valence-corrected chi connectivity index (χ2v) is 4.45. The van der Waals surface area contributed by atoms with Crippen molar-refractivity contribution in [3.8, 4) is 0 Å². The Morgan fingerprint density at radius 3 is 2.48 bits per heavy atom. The Labute approximate surface area is 120 Å². The Morgan fingerprint density at radius 2 is 1.90 bits per heavy atom. The van der Waals surface area contributed by atoms with Crippen molar-refractivity contribution in [3.05, 3.63) is 69.6 Å². The lowest BCUT2D eigenvalue weighted by Crippen LogP contribution is -2.32. The number of hydrogen-bond donors (Lipinski definition) is 2. The van der Waals surface area contributed by atoms with Crippen molar-refractivity contribution in [1.82, 2.24) is 9.88 Å². The zero-order valence-electron chi connectivity index (χ0n) is 11.4. The van der Waals surface area contributed by atoms with Crippen molar-refractivity contribution in [1.29, 1.82) is 0 Å². The molecule has 6 nitrogen and oxygen atoms in total. The van der Waals surface area contributed by atoms with Crippen LogP contribution in [0.5, 0.6) is 0 Å². The summed E-state index contributed by atoms with van der Waals surface area (Å²) < 4.78 is 1.23. The predicted octanol–water partition coefficient (Wildman–Crippen LogP) is 0.954. The normalized spacial score (nSPS) is 10.1. The van der Waals surface area contributed by atoms with E-state index in [0.29, 0.717) is 0 Å². The number of benzene rings is 1. The number of hydrogen-bond acceptors (Lipinski definition) is 3. The van der Waals surface area contributed by atoms with Crippen molar-refractivity contribution in [2.45, 2.75) is 6.54 Å². The van der Waals surface area contributed by atoms with Crippen molar-refractivity contribution < 1.29 is 14.7 Å². The highest BCUT2D eigenvalue weighted by atomic mass is 16.4. The minimum atomic E-state index is -1.19. The van der Waals surface area contributed by atoms with Gasteiger partial charge in [0.05, 0.1) is 12.1 Å². The number of aromatic carboxylic acids is 1. The molecule has 0 fully saturated rings. The molecular weight excluding hydrogens is 272 g/mol. The van der Waals surface area contributed by atoms with Crippen LogP contribution in [0.4, 0.5) is 0 Å². The van der Waals surface area contributed by atoms with Gasteiger partial charge in [0.25, 0.3) is 11.5 Å². The van der Waals surface area contributed by atoms with Gasteiger partial charge in [0.15, 0.2) is 0 Å². The van der Waals surface area contributed by atoms with Gasteiger partial charge in [0.2, 0.25) is 0 Å². The molecule has 1 aromatic carbocycles. The van der Waals surface area contributed by atoms with E-state index >= 15 is 0 Å². The zero-order valence-corrected chi connectivity index (χ0v) is 11.4. The van der Waals surface area contributed by atoms with E-state index in [1.165, 1.54) is 17.8 Å². The Hall–Kier alpha value is -2.89. The molecule has 2 aromatic rings. The molecule has 0 aliphatic carbocycles. The lowest BCUT2D eigenvalue weighted by Gasteiger charge is -2.09. The number of carbonyl (C=O) groups excluding carboxylic acids is 1. The maximum absolute atomic E-state index is 12.3. The number of nitrogens with zero attached hydrogens (tertiary/aromatic N) is 1. The summed E-state index contributed by atoms with van der Waals surface area (Å²) in [5.74, 6) is -1.80. The SMILES string of the molecule is CNC(=O)c1cc(C(=O)O)cn(Cc2ccccc2)c1=O. The van der Waals surface area contributed by atoms with Crippen LogP contribution < -0.4 is 10.9 Å². The highest BCUT2D eigenvalue weighted by molar-refractivity contribution is 5.96. The van der Waals surface area contributed by atoms with Gasteiger partial charge < -0.3 is 15.0 Å². The molecule has 0 aliphatic rings. The summed E-state index contributed by atoms with van der Waals surface area (Å²) >= 11 is 0. The maximum Gasteiger partial charge on any atom is 0.337 e. The van der Waals surface area contributed by atoms with E-state index < -0.39 is 17.4 Å². The summed E-state index contributed by atoms with van der Waals surface area (Å²) in [4.78, 5) is 35.1. The quantitative estimate of drug-likeness (QED) is 0.876. The number of aromatic nitrogens is 1. The first-order chi connectivity index (χ1) is 10.0. The fraction of sp³-hybridized carbons (Fsp3) is 0.133. The van der Waals surface area contributed by atoms with E-state index in [0.717, 1.165) is 11.6 Å². The second kappa shape index (κ2) is 6.04. The third-order valence-corrected chi connectivity index (χ3v) is 3.00. The molecule has 0 saturated carbocycles. The number of carboxylic acid groups (broad SMARTS) is 1. The Kier molecular flexibility index (Phi) is 4.18. The highest BCUT2D eigenvalue weighted by Crippen LogP contribution is 2.05. The molecule has 108 valence electrons. The number of nitrogens with one attached hydrogen (secondary N) is 1. The van der Waals surface area contributed by atoms with Gasteiger partial charge in [-0.3, -0.25) is 9.59 Å². The minimum Gasteiger partial charge on any atom is -0.478 e. The number of rotatable bonds is 4. The molecule has 1 aromatic heterocycles. The van der Waals surface area contributed by atoms with Crippen LogP contribution in [0.25, 0.3) is 0 Å². The fourth-order valence-corrected chi connectivity index (χ4v) is 1.95. The Bertz CT molecular complexity index is 735. The van der Waals surface area contributed by atoms with E-state index in [2.05, 4.69) is 5.32 Å². The van der Waals surface area contributed by atoms with Gasteiger partial charge in [-0.1, -0.05) is 30.3 Å². The van der Waals surface area contributed by atoms with Gasteiger partial charge in [0.1, 0.15) is 5.56 Å². The van der Waals surface area contributed by atoms with Crippen LogP contribution in [0.1, 0.15) is 26.3 Å². The smallest absolute Gasteiger partial charge is 0.337 e. The molecule has 2 N–H and O–H groups in total. The van der Waals surface area contributed by atoms with Crippen molar-refractivity contribution in [2.75, 3.05) is 7.05 Å². The number of pyridine rings is 1. The van der Waals surface area contributed by atoms with Crippen LogP contribution >= 0.6 is 0 Å². The molecule has 0 radical (unpaired) electrons. The molecule has 2 rings (SSSR count). The minimum absolute atomic E-state index is 0.107. The molecule has 0 bridgehead atoms. The molecule has 0 atom stereocenters. The first-order valence-electron chi connectivity index (χ1n) is 6.26. The summed E-state index contributed by atoms with van der Waals surface area (Å²) in [5.41, 5.74) is 0.0191. The first kappa shape index (κ1) is 14.5.